The van der Waals surface area contributed by atoms with Crippen molar-refractivity contribution in [1.82, 2.24) is 4.90 Å². The molecule has 0 aliphatic rings. The number of hydrogen-bond donors (Lipinski definition) is 1. The smallest absolute Gasteiger partial charge is 0.325 e. The van der Waals surface area contributed by atoms with Crippen molar-refractivity contribution in [2.24, 2.45) is 0 Å². The fourth-order valence-electron chi connectivity index (χ4n) is 1.71. The Bertz CT molecular complexity index is 407. The molecular weight excluding hydrogens is 222 g/mol. The van der Waals surface area contributed by atoms with Crippen LogP contribution in [0.2, 0.25) is 0 Å². The molecule has 88 valence electrons. The molecule has 0 radical (unpaired) electrons. The van der Waals surface area contributed by atoms with E-state index in [9.17, 15) is 9.90 Å². The third-order valence-corrected chi connectivity index (χ3v) is 3.38. The van der Waals surface area contributed by atoms with Gasteiger partial charge in [-0.3, -0.25) is 9.69 Å². The lowest BCUT2D eigenvalue weighted by Gasteiger charge is -2.20. The van der Waals surface area contributed by atoms with E-state index in [1.807, 2.05) is 31.4 Å². The van der Waals surface area contributed by atoms with Gasteiger partial charge in [0.25, 0.3) is 0 Å². The minimum atomic E-state index is -0.812. The van der Waals surface area contributed by atoms with Gasteiger partial charge in [0.2, 0.25) is 0 Å². The fraction of sp³-hybridized carbons (Fsp3) is 0.417. The van der Waals surface area contributed by atoms with Crippen LogP contribution in [0, 0.1) is 6.92 Å². The summed E-state index contributed by atoms with van der Waals surface area (Å²) in [5.74, 6) is -0.812. The van der Waals surface area contributed by atoms with Gasteiger partial charge in [0.05, 0.1) is 0 Å². The highest BCUT2D eigenvalue weighted by molar-refractivity contribution is 7.10. The first-order valence-corrected chi connectivity index (χ1v) is 5.97. The van der Waals surface area contributed by atoms with Crippen LogP contribution in [0.1, 0.15) is 29.0 Å². The van der Waals surface area contributed by atoms with Crippen LogP contribution in [0.4, 0.5) is 0 Å². The highest BCUT2D eigenvalue weighted by atomic mass is 32.1. The third-order valence-electron chi connectivity index (χ3n) is 2.43. The van der Waals surface area contributed by atoms with E-state index in [0.717, 1.165) is 16.0 Å². The number of allylic oxidation sites excluding steroid dienone is 1. The predicted molar refractivity (Wildman–Crippen MR) is 67.8 cm³/mol. The first kappa shape index (κ1) is 12.9. The maximum atomic E-state index is 11.2. The van der Waals surface area contributed by atoms with E-state index in [0.29, 0.717) is 0 Å². The van der Waals surface area contributed by atoms with Gasteiger partial charge in [-0.2, -0.15) is 0 Å². The van der Waals surface area contributed by atoms with Gasteiger partial charge in [-0.25, -0.2) is 0 Å². The zero-order valence-electron chi connectivity index (χ0n) is 10.0. The molecular formula is C12H17NO2S. The van der Waals surface area contributed by atoms with Crippen molar-refractivity contribution in [3.8, 4) is 0 Å². The number of carboxylic acid groups (broad SMARTS) is 1. The molecule has 4 heteroatoms. The Labute approximate surface area is 100 Å². The van der Waals surface area contributed by atoms with E-state index < -0.39 is 12.0 Å². The minimum Gasteiger partial charge on any atom is -0.480 e. The lowest BCUT2D eigenvalue weighted by atomic mass is 10.0. The maximum Gasteiger partial charge on any atom is 0.325 e. The van der Waals surface area contributed by atoms with Crippen molar-refractivity contribution in [3.63, 3.8) is 0 Å². The van der Waals surface area contributed by atoms with Crippen molar-refractivity contribution >= 4 is 23.4 Å². The van der Waals surface area contributed by atoms with Gasteiger partial charge in [0.1, 0.15) is 6.04 Å². The maximum absolute atomic E-state index is 11.2. The normalized spacial score (nSPS) is 13.6. The topological polar surface area (TPSA) is 40.5 Å². The van der Waals surface area contributed by atoms with Crippen LogP contribution in [-0.2, 0) is 4.79 Å². The first-order valence-electron chi connectivity index (χ1n) is 5.09. The molecule has 1 atom stereocenters. The number of carboxylic acids is 1. The summed E-state index contributed by atoms with van der Waals surface area (Å²) in [5, 5.41) is 11.2. The molecule has 1 aromatic rings. The van der Waals surface area contributed by atoms with Gasteiger partial charge in [0.15, 0.2) is 0 Å². The second-order valence-electron chi connectivity index (χ2n) is 3.87. The van der Waals surface area contributed by atoms with Crippen molar-refractivity contribution in [1.29, 1.82) is 0 Å². The minimum absolute atomic E-state index is 0.573. The molecule has 0 saturated heterocycles. The van der Waals surface area contributed by atoms with E-state index in [2.05, 4.69) is 0 Å². The average Bonchev–Trinajstić information content (AvgIpc) is 2.49. The van der Waals surface area contributed by atoms with E-state index in [1.165, 1.54) is 0 Å². The summed E-state index contributed by atoms with van der Waals surface area (Å²) in [6.07, 6.45) is 3.91. The zero-order chi connectivity index (χ0) is 12.3. The SMILES string of the molecule is C/C=C\c1c(C(C(=O)O)N(C)C)csc1C. The Morgan fingerprint density at radius 2 is 2.19 bits per heavy atom. The Balaban J connectivity index is 3.24. The van der Waals surface area contributed by atoms with Crippen LogP contribution < -0.4 is 0 Å². The molecule has 1 unspecified atom stereocenters. The van der Waals surface area contributed by atoms with E-state index in [4.69, 9.17) is 0 Å². The number of carbonyl (C=O) groups is 1. The standard InChI is InChI=1S/C12H17NO2S/c1-5-6-9-8(2)16-7-10(9)11(12(14)15)13(3)4/h5-7,11H,1-4H3,(H,14,15)/b6-5-. The molecule has 0 bridgehead atoms. The molecule has 0 fully saturated rings. The van der Waals surface area contributed by atoms with Crippen LogP contribution in [0.15, 0.2) is 11.5 Å². The molecule has 0 saturated carbocycles. The molecule has 1 N–H and O–H groups in total. The molecule has 16 heavy (non-hydrogen) atoms. The number of likely N-dealkylation sites (N-methyl/N-ethyl adjacent to an activating group) is 1. The average molecular weight is 239 g/mol. The number of rotatable bonds is 4. The van der Waals surface area contributed by atoms with Crippen LogP contribution in [0.3, 0.4) is 0 Å². The summed E-state index contributed by atoms with van der Waals surface area (Å²) in [7, 11) is 3.57. The number of thiophene rings is 1. The fourth-order valence-corrected chi connectivity index (χ4v) is 2.58. The van der Waals surface area contributed by atoms with Gasteiger partial charge in [-0.05, 0) is 44.4 Å². The summed E-state index contributed by atoms with van der Waals surface area (Å²) in [6, 6.07) is -0.573. The Morgan fingerprint density at radius 1 is 1.56 bits per heavy atom. The van der Waals surface area contributed by atoms with Crippen LogP contribution in [-0.4, -0.2) is 30.1 Å². The van der Waals surface area contributed by atoms with Gasteiger partial charge in [0, 0.05) is 4.88 Å². The summed E-state index contributed by atoms with van der Waals surface area (Å²) in [6.45, 7) is 3.95. The number of aryl methyl sites for hydroxylation is 1. The van der Waals surface area contributed by atoms with Crippen molar-refractivity contribution in [2.45, 2.75) is 19.9 Å². The van der Waals surface area contributed by atoms with Gasteiger partial charge >= 0.3 is 5.97 Å². The summed E-state index contributed by atoms with van der Waals surface area (Å²) >= 11 is 1.59. The molecule has 3 nitrogen and oxygen atoms in total. The molecule has 1 heterocycles. The predicted octanol–water partition coefficient (Wildman–Crippen LogP) is 2.78. The monoisotopic (exact) mass is 239 g/mol. The van der Waals surface area contributed by atoms with E-state index >= 15 is 0 Å². The van der Waals surface area contributed by atoms with Gasteiger partial charge in [-0.1, -0.05) is 12.2 Å². The first-order chi connectivity index (χ1) is 7.49. The summed E-state index contributed by atoms with van der Waals surface area (Å²) in [4.78, 5) is 14.1. The molecule has 0 amide bonds. The van der Waals surface area contributed by atoms with Crippen molar-refractivity contribution in [3.05, 3.63) is 27.5 Å². The second-order valence-corrected chi connectivity index (χ2v) is 4.95. The van der Waals surface area contributed by atoms with Gasteiger partial charge < -0.3 is 5.11 Å². The third kappa shape index (κ3) is 2.51. The number of hydrogen-bond acceptors (Lipinski definition) is 3. The summed E-state index contributed by atoms with van der Waals surface area (Å²) < 4.78 is 0. The highest BCUT2D eigenvalue weighted by Crippen LogP contribution is 2.30. The van der Waals surface area contributed by atoms with Crippen LogP contribution in [0.5, 0.6) is 0 Å². The molecule has 0 spiro atoms. The Kier molecular flexibility index (Phi) is 4.26. The van der Waals surface area contributed by atoms with Gasteiger partial charge in [-0.15, -0.1) is 11.3 Å². The highest BCUT2D eigenvalue weighted by Gasteiger charge is 2.25. The van der Waals surface area contributed by atoms with E-state index in [1.54, 1.807) is 30.3 Å². The molecule has 1 rings (SSSR count). The van der Waals surface area contributed by atoms with Crippen LogP contribution in [0.25, 0.3) is 6.08 Å². The lowest BCUT2D eigenvalue weighted by molar-refractivity contribution is -0.142. The number of nitrogens with zero attached hydrogens (tertiary/aromatic N) is 1. The lowest BCUT2D eigenvalue weighted by Crippen LogP contribution is -2.27. The van der Waals surface area contributed by atoms with E-state index in [-0.39, 0.29) is 0 Å². The molecule has 1 aromatic heterocycles. The quantitative estimate of drug-likeness (QED) is 0.878. The second kappa shape index (κ2) is 5.27. The largest absolute Gasteiger partial charge is 0.480 e. The molecule has 0 aliphatic heterocycles. The van der Waals surface area contributed by atoms with Crippen LogP contribution >= 0.6 is 11.3 Å². The van der Waals surface area contributed by atoms with Crippen molar-refractivity contribution < 1.29 is 9.90 Å². The number of aliphatic carboxylic acids is 1. The molecule has 0 aliphatic carbocycles. The van der Waals surface area contributed by atoms with Crippen molar-refractivity contribution in [2.75, 3.05) is 14.1 Å². The zero-order valence-corrected chi connectivity index (χ0v) is 10.8. The Morgan fingerprint density at radius 3 is 2.62 bits per heavy atom. The summed E-state index contributed by atoms with van der Waals surface area (Å²) in [5.41, 5.74) is 1.91. The Hall–Kier alpha value is -1.13. The molecule has 0 aromatic carbocycles.